The Labute approximate surface area is 96.6 Å². The lowest BCUT2D eigenvalue weighted by Crippen LogP contribution is -2.39. The molecule has 0 saturated heterocycles. The molecule has 2 rings (SSSR count). The number of rotatable bonds is 4. The number of carbonyl (C=O) groups excluding carboxylic acids is 1. The maximum atomic E-state index is 11.8. The normalized spacial score (nSPS) is 32.1. The van der Waals surface area contributed by atoms with Crippen molar-refractivity contribution < 1.29 is 9.90 Å². The average molecular weight is 226 g/mol. The van der Waals surface area contributed by atoms with Gasteiger partial charge < -0.3 is 16.2 Å². The fraction of sp³-hybridized carbons (Fsp3) is 0.917. The van der Waals surface area contributed by atoms with Crippen LogP contribution >= 0.6 is 0 Å². The predicted molar refractivity (Wildman–Crippen MR) is 61.7 cm³/mol. The van der Waals surface area contributed by atoms with Crippen LogP contribution in [0.5, 0.6) is 0 Å². The maximum absolute atomic E-state index is 11.8. The Morgan fingerprint density at radius 3 is 2.44 bits per heavy atom. The molecular formula is C12H22N2O2. The van der Waals surface area contributed by atoms with E-state index in [9.17, 15) is 9.90 Å². The van der Waals surface area contributed by atoms with E-state index >= 15 is 0 Å². The first-order valence-electron chi connectivity index (χ1n) is 6.38. The molecule has 0 aromatic carbocycles. The van der Waals surface area contributed by atoms with Crippen molar-refractivity contribution in [2.45, 2.75) is 50.7 Å². The molecule has 16 heavy (non-hydrogen) atoms. The van der Waals surface area contributed by atoms with E-state index in [-0.39, 0.29) is 24.0 Å². The molecule has 4 nitrogen and oxygen atoms in total. The van der Waals surface area contributed by atoms with Crippen molar-refractivity contribution >= 4 is 5.91 Å². The first-order chi connectivity index (χ1) is 7.66. The molecule has 0 aromatic heterocycles. The maximum Gasteiger partial charge on any atom is 0.223 e. The fourth-order valence-corrected chi connectivity index (χ4v) is 2.38. The molecule has 1 unspecified atom stereocenters. The van der Waals surface area contributed by atoms with Gasteiger partial charge in [-0.25, -0.2) is 0 Å². The fourth-order valence-electron chi connectivity index (χ4n) is 2.38. The summed E-state index contributed by atoms with van der Waals surface area (Å²) in [5.41, 5.74) is 5.80. The van der Waals surface area contributed by atoms with Crippen molar-refractivity contribution in [2.24, 2.45) is 17.6 Å². The molecule has 2 fully saturated rings. The third-order valence-electron chi connectivity index (χ3n) is 3.79. The molecule has 1 atom stereocenters. The summed E-state index contributed by atoms with van der Waals surface area (Å²) in [6, 6.07) is 0.279. The Bertz CT molecular complexity index is 245. The van der Waals surface area contributed by atoms with Crippen molar-refractivity contribution in [3.63, 3.8) is 0 Å². The van der Waals surface area contributed by atoms with E-state index in [2.05, 4.69) is 5.32 Å². The lowest BCUT2D eigenvalue weighted by atomic mass is 9.86. The molecule has 0 heterocycles. The van der Waals surface area contributed by atoms with E-state index in [0.717, 1.165) is 38.5 Å². The SMILES string of the molecule is NC1CCC(C(=O)NCC(O)C2CC2)CC1. The van der Waals surface area contributed by atoms with Gasteiger partial charge in [0.2, 0.25) is 5.91 Å². The van der Waals surface area contributed by atoms with E-state index in [1.807, 2.05) is 0 Å². The number of carbonyl (C=O) groups is 1. The summed E-state index contributed by atoms with van der Waals surface area (Å²) < 4.78 is 0. The van der Waals surface area contributed by atoms with Crippen LogP contribution in [0.3, 0.4) is 0 Å². The van der Waals surface area contributed by atoms with Gasteiger partial charge >= 0.3 is 0 Å². The van der Waals surface area contributed by atoms with Crippen molar-refractivity contribution in [2.75, 3.05) is 6.54 Å². The quantitative estimate of drug-likeness (QED) is 0.649. The largest absolute Gasteiger partial charge is 0.391 e. The van der Waals surface area contributed by atoms with Gasteiger partial charge in [0, 0.05) is 18.5 Å². The van der Waals surface area contributed by atoms with Crippen molar-refractivity contribution in [1.82, 2.24) is 5.32 Å². The molecule has 92 valence electrons. The highest BCUT2D eigenvalue weighted by Gasteiger charge is 2.31. The highest BCUT2D eigenvalue weighted by atomic mass is 16.3. The second-order valence-corrected chi connectivity index (χ2v) is 5.26. The molecular weight excluding hydrogens is 204 g/mol. The molecule has 0 bridgehead atoms. The van der Waals surface area contributed by atoms with Crippen molar-refractivity contribution in [1.29, 1.82) is 0 Å². The minimum absolute atomic E-state index is 0.103. The van der Waals surface area contributed by atoms with Crippen LogP contribution in [-0.4, -0.2) is 29.7 Å². The third-order valence-corrected chi connectivity index (χ3v) is 3.79. The van der Waals surface area contributed by atoms with E-state index in [0.29, 0.717) is 12.5 Å². The summed E-state index contributed by atoms with van der Waals surface area (Å²) in [5.74, 6) is 0.651. The first kappa shape index (κ1) is 11.9. The number of hydrogen-bond donors (Lipinski definition) is 3. The number of amides is 1. The summed E-state index contributed by atoms with van der Waals surface area (Å²) in [5, 5.41) is 12.5. The Kier molecular flexibility index (Phi) is 3.82. The van der Waals surface area contributed by atoms with Crippen LogP contribution in [0.15, 0.2) is 0 Å². The molecule has 4 N–H and O–H groups in total. The molecule has 0 radical (unpaired) electrons. The number of aliphatic hydroxyl groups excluding tert-OH is 1. The average Bonchev–Trinajstić information content (AvgIpc) is 3.10. The molecule has 0 spiro atoms. The van der Waals surface area contributed by atoms with Crippen LogP contribution in [-0.2, 0) is 4.79 Å². The van der Waals surface area contributed by atoms with Gasteiger partial charge in [-0.3, -0.25) is 4.79 Å². The van der Waals surface area contributed by atoms with Crippen molar-refractivity contribution in [3.8, 4) is 0 Å². The molecule has 2 aliphatic rings. The van der Waals surface area contributed by atoms with Crippen LogP contribution < -0.4 is 11.1 Å². The minimum atomic E-state index is -0.338. The Morgan fingerprint density at radius 1 is 1.25 bits per heavy atom. The van der Waals surface area contributed by atoms with Crippen LogP contribution in [0.25, 0.3) is 0 Å². The lowest BCUT2D eigenvalue weighted by molar-refractivity contribution is -0.126. The Morgan fingerprint density at radius 2 is 1.88 bits per heavy atom. The van der Waals surface area contributed by atoms with Crippen LogP contribution in [0.2, 0.25) is 0 Å². The number of aliphatic hydroxyl groups is 1. The first-order valence-corrected chi connectivity index (χ1v) is 6.38. The third kappa shape index (κ3) is 3.19. The minimum Gasteiger partial charge on any atom is -0.391 e. The van der Waals surface area contributed by atoms with Gasteiger partial charge in [0.15, 0.2) is 0 Å². The zero-order chi connectivity index (χ0) is 11.5. The molecule has 0 aromatic rings. The highest BCUT2D eigenvalue weighted by molar-refractivity contribution is 5.78. The van der Waals surface area contributed by atoms with E-state index < -0.39 is 0 Å². The van der Waals surface area contributed by atoms with Gasteiger partial charge in [-0.05, 0) is 44.4 Å². The van der Waals surface area contributed by atoms with Crippen molar-refractivity contribution in [3.05, 3.63) is 0 Å². The topological polar surface area (TPSA) is 75.4 Å². The molecule has 2 saturated carbocycles. The lowest BCUT2D eigenvalue weighted by Gasteiger charge is -2.25. The second-order valence-electron chi connectivity index (χ2n) is 5.26. The standard InChI is InChI=1S/C12H22N2O2/c13-10-5-3-9(4-6-10)12(16)14-7-11(15)8-1-2-8/h8-11,15H,1-7,13H2,(H,14,16). The van der Waals surface area contributed by atoms with Gasteiger partial charge in [-0.1, -0.05) is 0 Å². The highest BCUT2D eigenvalue weighted by Crippen LogP contribution is 2.32. The molecule has 2 aliphatic carbocycles. The van der Waals surface area contributed by atoms with E-state index in [1.54, 1.807) is 0 Å². The Balaban J connectivity index is 1.66. The van der Waals surface area contributed by atoms with E-state index in [4.69, 9.17) is 5.73 Å². The summed E-state index contributed by atoms with van der Waals surface area (Å²) in [6.45, 7) is 0.423. The zero-order valence-electron chi connectivity index (χ0n) is 9.69. The van der Waals surface area contributed by atoms with Gasteiger partial charge in [-0.2, -0.15) is 0 Å². The van der Waals surface area contributed by atoms with Gasteiger partial charge in [0.05, 0.1) is 6.10 Å². The Hall–Kier alpha value is -0.610. The second kappa shape index (κ2) is 5.15. The van der Waals surface area contributed by atoms with Gasteiger partial charge in [0.25, 0.3) is 0 Å². The van der Waals surface area contributed by atoms with Crippen LogP contribution in [0.4, 0.5) is 0 Å². The molecule has 0 aliphatic heterocycles. The predicted octanol–water partition coefficient (Wildman–Crippen LogP) is 0.391. The molecule has 1 amide bonds. The van der Waals surface area contributed by atoms with Gasteiger partial charge in [0.1, 0.15) is 0 Å². The van der Waals surface area contributed by atoms with E-state index in [1.165, 1.54) is 0 Å². The number of hydrogen-bond acceptors (Lipinski definition) is 3. The summed E-state index contributed by atoms with van der Waals surface area (Å²) in [6.07, 6.45) is 5.56. The van der Waals surface area contributed by atoms with Gasteiger partial charge in [-0.15, -0.1) is 0 Å². The number of nitrogens with two attached hydrogens (primary N) is 1. The zero-order valence-corrected chi connectivity index (χ0v) is 9.69. The van der Waals surface area contributed by atoms with Crippen LogP contribution in [0, 0.1) is 11.8 Å². The number of nitrogens with one attached hydrogen (secondary N) is 1. The smallest absolute Gasteiger partial charge is 0.223 e. The summed E-state index contributed by atoms with van der Waals surface area (Å²) in [7, 11) is 0. The van der Waals surface area contributed by atoms with Crippen LogP contribution in [0.1, 0.15) is 38.5 Å². The monoisotopic (exact) mass is 226 g/mol. The summed E-state index contributed by atoms with van der Waals surface area (Å²) >= 11 is 0. The molecule has 4 heteroatoms. The summed E-state index contributed by atoms with van der Waals surface area (Å²) in [4.78, 5) is 11.8.